The van der Waals surface area contributed by atoms with E-state index in [0.29, 0.717) is 5.69 Å². The summed E-state index contributed by atoms with van der Waals surface area (Å²) in [5, 5.41) is 2.68. The standard InChI is InChI=1S/C20H20N2O3/c1-21-20(23)19-17(13-4-8-15(24-2)9-5-13)12-18(22-19)14-6-10-16(25-3)11-7-14/h4-12,22H,1-3H3,(H,21,23). The summed E-state index contributed by atoms with van der Waals surface area (Å²) in [6.07, 6.45) is 0. The average molecular weight is 336 g/mol. The highest BCUT2D eigenvalue weighted by molar-refractivity contribution is 6.00. The Labute approximate surface area is 146 Å². The van der Waals surface area contributed by atoms with Gasteiger partial charge in [-0.1, -0.05) is 12.1 Å². The van der Waals surface area contributed by atoms with Crippen LogP contribution in [0.1, 0.15) is 10.5 Å². The number of amides is 1. The van der Waals surface area contributed by atoms with Crippen molar-refractivity contribution in [2.45, 2.75) is 0 Å². The number of methoxy groups -OCH3 is 2. The van der Waals surface area contributed by atoms with Gasteiger partial charge in [0.1, 0.15) is 17.2 Å². The molecule has 25 heavy (non-hydrogen) atoms. The molecule has 5 nitrogen and oxygen atoms in total. The minimum atomic E-state index is -0.162. The molecule has 128 valence electrons. The van der Waals surface area contributed by atoms with Crippen LogP contribution in [0.4, 0.5) is 0 Å². The van der Waals surface area contributed by atoms with Crippen LogP contribution < -0.4 is 14.8 Å². The molecule has 1 amide bonds. The van der Waals surface area contributed by atoms with Crippen molar-refractivity contribution in [3.63, 3.8) is 0 Å². The zero-order chi connectivity index (χ0) is 17.8. The van der Waals surface area contributed by atoms with E-state index in [1.54, 1.807) is 21.3 Å². The normalized spacial score (nSPS) is 10.4. The molecule has 3 aromatic rings. The maximum absolute atomic E-state index is 12.3. The van der Waals surface area contributed by atoms with Crippen molar-refractivity contribution in [3.05, 3.63) is 60.3 Å². The number of hydrogen-bond donors (Lipinski definition) is 2. The van der Waals surface area contributed by atoms with Crippen LogP contribution in [0.2, 0.25) is 0 Å². The molecule has 2 N–H and O–H groups in total. The van der Waals surface area contributed by atoms with Gasteiger partial charge in [-0.15, -0.1) is 0 Å². The second kappa shape index (κ2) is 7.13. The number of carbonyl (C=O) groups is 1. The van der Waals surface area contributed by atoms with Crippen LogP contribution in [-0.2, 0) is 0 Å². The number of aromatic nitrogens is 1. The Kier molecular flexibility index (Phi) is 4.75. The van der Waals surface area contributed by atoms with Crippen LogP contribution in [-0.4, -0.2) is 32.2 Å². The fourth-order valence-corrected chi connectivity index (χ4v) is 2.68. The molecule has 0 aliphatic carbocycles. The Bertz CT molecular complexity index is 865. The quantitative estimate of drug-likeness (QED) is 0.746. The van der Waals surface area contributed by atoms with Crippen LogP contribution in [0.5, 0.6) is 11.5 Å². The molecule has 0 unspecified atom stereocenters. The Morgan fingerprint density at radius 2 is 1.40 bits per heavy atom. The molecule has 0 aliphatic heterocycles. The van der Waals surface area contributed by atoms with Crippen LogP contribution in [0.25, 0.3) is 22.4 Å². The van der Waals surface area contributed by atoms with Crippen LogP contribution in [0, 0.1) is 0 Å². The van der Waals surface area contributed by atoms with E-state index in [-0.39, 0.29) is 5.91 Å². The SMILES string of the molecule is CNC(=O)c1[nH]c(-c2ccc(OC)cc2)cc1-c1ccc(OC)cc1. The number of ether oxygens (including phenoxy) is 2. The van der Waals surface area contributed by atoms with Gasteiger partial charge in [0.2, 0.25) is 0 Å². The largest absolute Gasteiger partial charge is 0.497 e. The zero-order valence-corrected chi connectivity index (χ0v) is 14.4. The van der Waals surface area contributed by atoms with Gasteiger partial charge in [0.15, 0.2) is 0 Å². The van der Waals surface area contributed by atoms with Crippen LogP contribution >= 0.6 is 0 Å². The third-order valence-corrected chi connectivity index (χ3v) is 4.07. The second-order valence-corrected chi connectivity index (χ2v) is 5.51. The van der Waals surface area contributed by atoms with Crippen LogP contribution in [0.3, 0.4) is 0 Å². The Morgan fingerprint density at radius 1 is 0.880 bits per heavy atom. The summed E-state index contributed by atoms with van der Waals surface area (Å²) in [5.41, 5.74) is 4.15. The lowest BCUT2D eigenvalue weighted by molar-refractivity contribution is 0.0959. The van der Waals surface area contributed by atoms with Gasteiger partial charge in [-0.2, -0.15) is 0 Å². The lowest BCUT2D eigenvalue weighted by atomic mass is 10.0. The number of benzene rings is 2. The molecule has 0 saturated carbocycles. The highest BCUT2D eigenvalue weighted by Gasteiger charge is 2.17. The molecule has 2 aromatic carbocycles. The van der Waals surface area contributed by atoms with Gasteiger partial charge in [0, 0.05) is 18.3 Å². The second-order valence-electron chi connectivity index (χ2n) is 5.51. The molecule has 5 heteroatoms. The molecular formula is C20H20N2O3. The number of carbonyl (C=O) groups excluding carboxylic acids is 1. The highest BCUT2D eigenvalue weighted by atomic mass is 16.5. The van der Waals surface area contributed by atoms with E-state index < -0.39 is 0 Å². The smallest absolute Gasteiger partial charge is 0.268 e. The maximum Gasteiger partial charge on any atom is 0.268 e. The topological polar surface area (TPSA) is 63.4 Å². The van der Waals surface area contributed by atoms with Crippen molar-refractivity contribution in [1.82, 2.24) is 10.3 Å². The van der Waals surface area contributed by atoms with E-state index in [9.17, 15) is 4.79 Å². The third-order valence-electron chi connectivity index (χ3n) is 4.07. The molecule has 0 radical (unpaired) electrons. The van der Waals surface area contributed by atoms with Gasteiger partial charge in [-0.3, -0.25) is 4.79 Å². The van der Waals surface area contributed by atoms with Crippen molar-refractivity contribution in [1.29, 1.82) is 0 Å². The van der Waals surface area contributed by atoms with Gasteiger partial charge < -0.3 is 19.8 Å². The summed E-state index contributed by atoms with van der Waals surface area (Å²) in [7, 11) is 4.88. The maximum atomic E-state index is 12.3. The van der Waals surface area contributed by atoms with Crippen molar-refractivity contribution in [3.8, 4) is 33.9 Å². The first-order valence-electron chi connectivity index (χ1n) is 7.90. The molecule has 0 aliphatic rings. The van der Waals surface area contributed by atoms with Crippen molar-refractivity contribution < 1.29 is 14.3 Å². The summed E-state index contributed by atoms with van der Waals surface area (Å²) < 4.78 is 10.4. The number of aromatic amines is 1. The van der Waals surface area contributed by atoms with Gasteiger partial charge in [0.05, 0.1) is 14.2 Å². The average Bonchev–Trinajstić information content (AvgIpc) is 3.13. The minimum Gasteiger partial charge on any atom is -0.497 e. The van der Waals surface area contributed by atoms with Gasteiger partial charge in [-0.05, 0) is 53.6 Å². The highest BCUT2D eigenvalue weighted by Crippen LogP contribution is 2.31. The fourth-order valence-electron chi connectivity index (χ4n) is 2.68. The molecule has 0 bridgehead atoms. The molecule has 3 rings (SSSR count). The number of hydrogen-bond acceptors (Lipinski definition) is 3. The first-order valence-corrected chi connectivity index (χ1v) is 7.90. The van der Waals surface area contributed by atoms with E-state index in [2.05, 4.69) is 10.3 Å². The van der Waals surface area contributed by atoms with E-state index in [4.69, 9.17) is 9.47 Å². The Hall–Kier alpha value is -3.21. The molecule has 1 heterocycles. The summed E-state index contributed by atoms with van der Waals surface area (Å²) in [5.74, 6) is 1.40. The molecule has 0 saturated heterocycles. The number of nitrogens with one attached hydrogen (secondary N) is 2. The van der Waals surface area contributed by atoms with Gasteiger partial charge in [0.25, 0.3) is 5.91 Å². The molecule has 0 spiro atoms. The Balaban J connectivity index is 2.06. The van der Waals surface area contributed by atoms with Gasteiger partial charge >= 0.3 is 0 Å². The lowest BCUT2D eigenvalue weighted by Crippen LogP contribution is -2.19. The summed E-state index contributed by atoms with van der Waals surface area (Å²) in [6.45, 7) is 0. The van der Waals surface area contributed by atoms with E-state index in [1.165, 1.54) is 0 Å². The predicted molar refractivity (Wildman–Crippen MR) is 98.2 cm³/mol. The first kappa shape index (κ1) is 16.6. The third kappa shape index (κ3) is 3.35. The van der Waals surface area contributed by atoms with E-state index in [1.807, 2.05) is 54.6 Å². The Morgan fingerprint density at radius 3 is 1.88 bits per heavy atom. The summed E-state index contributed by atoms with van der Waals surface area (Å²) in [6, 6.07) is 17.3. The van der Waals surface area contributed by atoms with E-state index in [0.717, 1.165) is 33.9 Å². The molecule has 0 atom stereocenters. The van der Waals surface area contributed by atoms with E-state index >= 15 is 0 Å². The van der Waals surface area contributed by atoms with Crippen molar-refractivity contribution in [2.24, 2.45) is 0 Å². The summed E-state index contributed by atoms with van der Waals surface area (Å²) >= 11 is 0. The fraction of sp³-hybridized carbons (Fsp3) is 0.150. The van der Waals surface area contributed by atoms with Crippen molar-refractivity contribution in [2.75, 3.05) is 21.3 Å². The zero-order valence-electron chi connectivity index (χ0n) is 14.4. The molecule has 0 fully saturated rings. The van der Waals surface area contributed by atoms with Crippen molar-refractivity contribution >= 4 is 5.91 Å². The molecule has 1 aromatic heterocycles. The molecular weight excluding hydrogens is 316 g/mol. The summed E-state index contributed by atoms with van der Waals surface area (Å²) in [4.78, 5) is 15.5. The van der Waals surface area contributed by atoms with Gasteiger partial charge in [-0.25, -0.2) is 0 Å². The van der Waals surface area contributed by atoms with Crippen LogP contribution in [0.15, 0.2) is 54.6 Å². The number of rotatable bonds is 5. The monoisotopic (exact) mass is 336 g/mol. The predicted octanol–water partition coefficient (Wildman–Crippen LogP) is 3.73. The minimum absolute atomic E-state index is 0.162. The first-order chi connectivity index (χ1) is 12.2. The number of H-pyrrole nitrogens is 1. The lowest BCUT2D eigenvalue weighted by Gasteiger charge is -2.04.